The number of aliphatic hydroxyl groups excluding tert-OH is 1. The standard InChI is InChI=1S/C10H21NO4/c1-3-11(5-6-15-4-2)8-9(12)7-10(13)14/h9,12H,3-8H2,1-2H3,(H,13,14). The number of hydrogen-bond acceptors (Lipinski definition) is 4. The van der Waals surface area contributed by atoms with Crippen molar-refractivity contribution in [1.82, 2.24) is 4.90 Å². The smallest absolute Gasteiger partial charge is 0.306 e. The first-order valence-corrected chi connectivity index (χ1v) is 5.30. The van der Waals surface area contributed by atoms with Crippen molar-refractivity contribution >= 4 is 5.97 Å². The molecule has 2 N–H and O–H groups in total. The molecule has 0 amide bonds. The van der Waals surface area contributed by atoms with E-state index in [0.29, 0.717) is 19.8 Å². The van der Waals surface area contributed by atoms with Gasteiger partial charge in [-0.25, -0.2) is 0 Å². The van der Waals surface area contributed by atoms with Crippen molar-refractivity contribution in [3.63, 3.8) is 0 Å². The van der Waals surface area contributed by atoms with E-state index in [-0.39, 0.29) is 6.42 Å². The summed E-state index contributed by atoms with van der Waals surface area (Å²) in [5.74, 6) is -0.969. The van der Waals surface area contributed by atoms with Crippen LogP contribution in [0.25, 0.3) is 0 Å². The van der Waals surface area contributed by atoms with Crippen LogP contribution in [0, 0.1) is 0 Å². The zero-order valence-electron chi connectivity index (χ0n) is 9.48. The largest absolute Gasteiger partial charge is 0.481 e. The lowest BCUT2D eigenvalue weighted by Gasteiger charge is -2.22. The second kappa shape index (κ2) is 8.64. The van der Waals surface area contributed by atoms with Crippen LogP contribution in [-0.4, -0.2) is 60.0 Å². The minimum absolute atomic E-state index is 0.203. The molecule has 0 aliphatic heterocycles. The first-order chi connectivity index (χ1) is 7.10. The fourth-order valence-electron chi connectivity index (χ4n) is 1.28. The van der Waals surface area contributed by atoms with Gasteiger partial charge in [-0.15, -0.1) is 0 Å². The predicted octanol–water partition coefficient (Wildman–Crippen LogP) is 0.180. The van der Waals surface area contributed by atoms with Gasteiger partial charge in [0.1, 0.15) is 0 Å². The highest BCUT2D eigenvalue weighted by Crippen LogP contribution is 1.97. The van der Waals surface area contributed by atoms with Gasteiger partial charge in [0.05, 0.1) is 19.1 Å². The molecule has 0 aliphatic rings. The average molecular weight is 219 g/mol. The summed E-state index contributed by atoms with van der Waals surface area (Å²) < 4.78 is 5.19. The van der Waals surface area contributed by atoms with Crippen molar-refractivity contribution in [2.24, 2.45) is 0 Å². The first-order valence-electron chi connectivity index (χ1n) is 5.30. The predicted molar refractivity (Wildman–Crippen MR) is 56.9 cm³/mol. The molecule has 5 heteroatoms. The van der Waals surface area contributed by atoms with E-state index in [1.165, 1.54) is 0 Å². The van der Waals surface area contributed by atoms with Crippen molar-refractivity contribution in [3.05, 3.63) is 0 Å². The minimum Gasteiger partial charge on any atom is -0.481 e. The van der Waals surface area contributed by atoms with Gasteiger partial charge >= 0.3 is 5.97 Å². The van der Waals surface area contributed by atoms with E-state index >= 15 is 0 Å². The maximum absolute atomic E-state index is 10.3. The topological polar surface area (TPSA) is 70.0 Å². The molecule has 0 bridgehead atoms. The number of rotatable bonds is 9. The van der Waals surface area contributed by atoms with Gasteiger partial charge < -0.3 is 14.9 Å². The Balaban J connectivity index is 3.71. The number of hydrogen-bond donors (Lipinski definition) is 2. The Morgan fingerprint density at radius 1 is 1.47 bits per heavy atom. The Bertz CT molecular complexity index is 175. The molecule has 90 valence electrons. The van der Waals surface area contributed by atoms with Crippen LogP contribution in [0.4, 0.5) is 0 Å². The van der Waals surface area contributed by atoms with E-state index in [1.807, 2.05) is 18.7 Å². The van der Waals surface area contributed by atoms with Crippen LogP contribution in [-0.2, 0) is 9.53 Å². The molecule has 0 aromatic rings. The monoisotopic (exact) mass is 219 g/mol. The van der Waals surface area contributed by atoms with Crippen molar-refractivity contribution in [1.29, 1.82) is 0 Å². The highest BCUT2D eigenvalue weighted by atomic mass is 16.5. The number of aliphatic carboxylic acids is 1. The molecule has 0 aliphatic carbocycles. The zero-order chi connectivity index (χ0) is 11.7. The van der Waals surface area contributed by atoms with Crippen LogP contribution in [0.15, 0.2) is 0 Å². The van der Waals surface area contributed by atoms with Crippen molar-refractivity contribution in [2.45, 2.75) is 26.4 Å². The maximum Gasteiger partial charge on any atom is 0.306 e. The Kier molecular flexibility index (Phi) is 8.27. The lowest BCUT2D eigenvalue weighted by atomic mass is 10.2. The molecule has 0 saturated carbocycles. The molecule has 1 atom stereocenters. The molecule has 15 heavy (non-hydrogen) atoms. The summed E-state index contributed by atoms with van der Waals surface area (Å²) in [6.07, 6.45) is -1.01. The molecule has 0 aromatic heterocycles. The molecule has 0 radical (unpaired) electrons. The lowest BCUT2D eigenvalue weighted by Crippen LogP contribution is -2.35. The number of aliphatic hydroxyl groups is 1. The maximum atomic E-state index is 10.3. The van der Waals surface area contributed by atoms with E-state index in [0.717, 1.165) is 13.1 Å². The van der Waals surface area contributed by atoms with Gasteiger partial charge in [0.2, 0.25) is 0 Å². The number of nitrogens with zero attached hydrogens (tertiary/aromatic N) is 1. The van der Waals surface area contributed by atoms with Crippen LogP contribution in [0.5, 0.6) is 0 Å². The van der Waals surface area contributed by atoms with Crippen molar-refractivity contribution in [3.8, 4) is 0 Å². The van der Waals surface area contributed by atoms with Crippen LogP contribution in [0.1, 0.15) is 20.3 Å². The van der Waals surface area contributed by atoms with E-state index in [1.54, 1.807) is 0 Å². The molecule has 0 spiro atoms. The van der Waals surface area contributed by atoms with Gasteiger partial charge in [-0.1, -0.05) is 6.92 Å². The molecular weight excluding hydrogens is 198 g/mol. The van der Waals surface area contributed by atoms with Gasteiger partial charge in [0.25, 0.3) is 0 Å². The number of likely N-dealkylation sites (N-methyl/N-ethyl adjacent to an activating group) is 1. The number of carboxylic acids is 1. The third-order valence-corrected chi connectivity index (χ3v) is 2.08. The molecule has 5 nitrogen and oxygen atoms in total. The summed E-state index contributed by atoms with van der Waals surface area (Å²) in [4.78, 5) is 12.3. The van der Waals surface area contributed by atoms with Crippen molar-refractivity contribution < 1.29 is 19.7 Å². The van der Waals surface area contributed by atoms with E-state index in [2.05, 4.69) is 0 Å². The van der Waals surface area contributed by atoms with Gasteiger partial charge in [-0.05, 0) is 13.5 Å². The summed E-state index contributed by atoms with van der Waals surface area (Å²) in [6, 6.07) is 0. The van der Waals surface area contributed by atoms with E-state index in [9.17, 15) is 9.90 Å². The SMILES string of the molecule is CCOCCN(CC)CC(O)CC(=O)O. The molecule has 1 unspecified atom stereocenters. The minimum atomic E-state index is -0.969. The second-order valence-electron chi connectivity index (χ2n) is 3.34. The second-order valence-corrected chi connectivity index (χ2v) is 3.34. The summed E-state index contributed by atoms with van der Waals surface area (Å²) >= 11 is 0. The summed E-state index contributed by atoms with van der Waals surface area (Å²) in [6.45, 7) is 7.08. The highest BCUT2D eigenvalue weighted by Gasteiger charge is 2.13. The fraction of sp³-hybridized carbons (Fsp3) is 0.900. The van der Waals surface area contributed by atoms with E-state index < -0.39 is 12.1 Å². The Labute approximate surface area is 90.6 Å². The normalized spacial score (nSPS) is 13.1. The third-order valence-electron chi connectivity index (χ3n) is 2.08. The van der Waals surface area contributed by atoms with E-state index in [4.69, 9.17) is 9.84 Å². The Morgan fingerprint density at radius 2 is 2.13 bits per heavy atom. The Morgan fingerprint density at radius 3 is 2.60 bits per heavy atom. The molecule has 0 fully saturated rings. The van der Waals surface area contributed by atoms with Gasteiger partial charge in [-0.2, -0.15) is 0 Å². The van der Waals surface area contributed by atoms with Crippen molar-refractivity contribution in [2.75, 3.05) is 32.8 Å². The molecule has 0 saturated heterocycles. The fourth-order valence-corrected chi connectivity index (χ4v) is 1.28. The van der Waals surface area contributed by atoms with Gasteiger partial charge in [0.15, 0.2) is 0 Å². The number of ether oxygens (including phenoxy) is 1. The number of carboxylic acid groups (broad SMARTS) is 1. The average Bonchev–Trinajstić information content (AvgIpc) is 2.15. The van der Waals surface area contributed by atoms with Crippen LogP contribution in [0.3, 0.4) is 0 Å². The highest BCUT2D eigenvalue weighted by molar-refractivity contribution is 5.67. The summed E-state index contributed by atoms with van der Waals surface area (Å²) in [7, 11) is 0. The molecule has 0 aromatic carbocycles. The quantitative estimate of drug-likeness (QED) is 0.541. The lowest BCUT2D eigenvalue weighted by molar-refractivity contribution is -0.139. The molecule has 0 heterocycles. The van der Waals surface area contributed by atoms with Crippen LogP contribution in [0.2, 0.25) is 0 Å². The molecular formula is C10H21NO4. The van der Waals surface area contributed by atoms with Crippen LogP contribution < -0.4 is 0 Å². The number of carbonyl (C=O) groups is 1. The van der Waals surface area contributed by atoms with Gasteiger partial charge in [0, 0.05) is 19.7 Å². The summed E-state index contributed by atoms with van der Waals surface area (Å²) in [5.41, 5.74) is 0. The first kappa shape index (κ1) is 14.3. The molecule has 0 rings (SSSR count). The summed E-state index contributed by atoms with van der Waals surface area (Å²) in [5, 5.41) is 17.9. The third kappa shape index (κ3) is 8.35. The van der Waals surface area contributed by atoms with Crippen LogP contribution >= 0.6 is 0 Å². The Hall–Kier alpha value is -0.650. The van der Waals surface area contributed by atoms with Gasteiger partial charge in [-0.3, -0.25) is 9.69 Å². The zero-order valence-corrected chi connectivity index (χ0v) is 9.48.